The van der Waals surface area contributed by atoms with Gasteiger partial charge in [-0.2, -0.15) is 0 Å². The van der Waals surface area contributed by atoms with E-state index in [1.165, 1.54) is 57.9 Å². The second-order valence-electron chi connectivity index (χ2n) is 17.2. The summed E-state index contributed by atoms with van der Waals surface area (Å²) in [5.41, 5.74) is 1.63. The molecule has 7 heteroatoms. The Hall–Kier alpha value is -0.210. The van der Waals surface area contributed by atoms with Gasteiger partial charge < -0.3 is 19.7 Å². The first-order valence-electron chi connectivity index (χ1n) is 16.2. The lowest BCUT2D eigenvalue weighted by molar-refractivity contribution is -0.788. The predicted molar refractivity (Wildman–Crippen MR) is 157 cm³/mol. The van der Waals surface area contributed by atoms with Crippen molar-refractivity contribution in [1.29, 1.82) is 0 Å². The van der Waals surface area contributed by atoms with E-state index in [1.54, 1.807) is 0 Å². The third kappa shape index (κ3) is 3.75. The Kier molecular flexibility index (Phi) is 6.97. The molecule has 12 atom stereocenters. The molecule has 0 aromatic heterocycles. The van der Waals surface area contributed by atoms with Gasteiger partial charge >= 0.3 is 0 Å². The van der Waals surface area contributed by atoms with E-state index in [2.05, 4.69) is 67.6 Å². The van der Waals surface area contributed by atoms with Crippen LogP contribution in [0.1, 0.15) is 127 Å². The first-order chi connectivity index (χ1) is 18.1. The standard InChI is InChI=1S/C32H55NO2.CH4O3S/c1-21-10-15-32(33-19-21)22(2)31(9)29(7)17-16-26(4)24(27(29,5)20-30(31,8)35-32)12-13-25(3)18-23(34)11-14-28(25,26)6;1-5(2,3)4/h21-24,33-34H,10-20H2,1-9H3;1H3,(H,2,3,4)/t21-,22-,23-,24+,25-,26-,27-,28-,29-,30-,31+,32-;/m0./s1. The number of aliphatic hydroxyl groups excluding tert-OH is 1. The summed E-state index contributed by atoms with van der Waals surface area (Å²) in [6.07, 6.45) is 12.7. The van der Waals surface area contributed by atoms with Crippen molar-refractivity contribution in [2.75, 3.05) is 12.8 Å². The van der Waals surface area contributed by atoms with Crippen molar-refractivity contribution in [2.24, 2.45) is 50.2 Å². The lowest BCUT2D eigenvalue weighted by atomic mass is 9.31. The lowest BCUT2D eigenvalue weighted by Crippen LogP contribution is -3.01. The Morgan fingerprint density at radius 2 is 1.48 bits per heavy atom. The van der Waals surface area contributed by atoms with E-state index in [1.807, 2.05) is 0 Å². The highest BCUT2D eigenvalue weighted by atomic mass is 32.2. The average Bonchev–Trinajstić information content (AvgIpc) is 3.07. The lowest BCUT2D eigenvalue weighted by Gasteiger charge is -2.73. The second-order valence-corrected chi connectivity index (χ2v) is 18.6. The fourth-order valence-corrected chi connectivity index (χ4v) is 13.1. The van der Waals surface area contributed by atoms with Gasteiger partial charge in [0, 0.05) is 29.9 Å². The molecule has 4 aliphatic carbocycles. The smallest absolute Gasteiger partial charge is 0.203 e. The zero-order chi connectivity index (χ0) is 30.0. The van der Waals surface area contributed by atoms with E-state index >= 15 is 0 Å². The number of nitrogens with two attached hydrogens (primary N) is 1. The molecule has 6 aliphatic rings. The van der Waals surface area contributed by atoms with Gasteiger partial charge in [0.25, 0.3) is 0 Å². The monoisotopic (exact) mass is 581 g/mol. The molecule has 1 spiro atoms. The van der Waals surface area contributed by atoms with Crippen LogP contribution in [-0.2, 0) is 14.9 Å². The molecule has 0 amide bonds. The molecule has 2 aliphatic heterocycles. The van der Waals surface area contributed by atoms with Crippen molar-refractivity contribution < 1.29 is 28.1 Å². The summed E-state index contributed by atoms with van der Waals surface area (Å²) in [5.74, 6) is 2.11. The molecule has 40 heavy (non-hydrogen) atoms. The first kappa shape index (κ1) is 31.2. The van der Waals surface area contributed by atoms with Crippen LogP contribution >= 0.6 is 0 Å². The van der Waals surface area contributed by atoms with Crippen molar-refractivity contribution in [3.8, 4) is 0 Å². The number of quaternary nitrogens is 1. The second kappa shape index (κ2) is 8.92. The molecule has 0 unspecified atom stereocenters. The molecule has 0 bridgehead atoms. The number of ether oxygens (including phenoxy) is 1. The van der Waals surface area contributed by atoms with Crippen LogP contribution in [0, 0.1) is 50.2 Å². The SMILES string of the molecule is CS(=O)(=O)[O-].C[C@H]1CC[C@]2([NH2+]C1)O[C@@]1(C)C[C@@]3(C)[C@@H]4CC[C@@]5(C)C[C@@H](O)CC[C@]5(C)[C@@]4(C)CC[C@]3(C)[C@@]1(C)[C@@H]2C. The van der Waals surface area contributed by atoms with Crippen LogP contribution in [0.5, 0.6) is 0 Å². The molecule has 0 aromatic rings. The quantitative estimate of drug-likeness (QED) is 0.370. The minimum Gasteiger partial charge on any atom is -0.748 e. The molecule has 6 fully saturated rings. The van der Waals surface area contributed by atoms with Gasteiger partial charge in [-0.3, -0.25) is 0 Å². The van der Waals surface area contributed by atoms with Crippen LogP contribution in [0.3, 0.4) is 0 Å². The summed E-state index contributed by atoms with van der Waals surface area (Å²) < 4.78 is 34.7. The number of aliphatic hydroxyl groups is 1. The fourth-order valence-electron chi connectivity index (χ4n) is 13.1. The van der Waals surface area contributed by atoms with Gasteiger partial charge in [0.15, 0.2) is 0 Å². The van der Waals surface area contributed by atoms with Gasteiger partial charge in [0.1, 0.15) is 0 Å². The molecule has 2 heterocycles. The summed E-state index contributed by atoms with van der Waals surface area (Å²) in [6.45, 7) is 24.7. The average molecular weight is 582 g/mol. The summed E-state index contributed by atoms with van der Waals surface area (Å²) in [4.78, 5) is 0. The van der Waals surface area contributed by atoms with Gasteiger partial charge in [0.05, 0.1) is 28.4 Å². The Bertz CT molecular complexity index is 1130. The van der Waals surface area contributed by atoms with Crippen LogP contribution in [-0.4, -0.2) is 48.3 Å². The predicted octanol–water partition coefficient (Wildman–Crippen LogP) is 5.45. The maximum absolute atomic E-state index is 10.7. The molecule has 6 nitrogen and oxygen atoms in total. The van der Waals surface area contributed by atoms with Crippen molar-refractivity contribution in [3.05, 3.63) is 0 Å². The van der Waals surface area contributed by atoms with Crippen LogP contribution in [0.4, 0.5) is 0 Å². The van der Waals surface area contributed by atoms with Crippen LogP contribution in [0.25, 0.3) is 0 Å². The highest BCUT2D eigenvalue weighted by Crippen LogP contribution is 2.85. The molecule has 0 radical (unpaired) electrons. The number of rotatable bonds is 0. The summed E-state index contributed by atoms with van der Waals surface area (Å²) >= 11 is 0. The maximum Gasteiger partial charge on any atom is 0.203 e. The molecule has 3 N–H and O–H groups in total. The normalized spacial score (nSPS) is 59.2. The Labute approximate surface area is 244 Å². The minimum absolute atomic E-state index is 0.0161. The Balaban J connectivity index is 0.000000595. The molecule has 232 valence electrons. The minimum atomic E-state index is -3.92. The van der Waals surface area contributed by atoms with Crippen molar-refractivity contribution in [2.45, 2.75) is 144 Å². The van der Waals surface area contributed by atoms with Crippen molar-refractivity contribution >= 4 is 10.1 Å². The van der Waals surface area contributed by atoms with Crippen molar-refractivity contribution in [3.63, 3.8) is 0 Å². The van der Waals surface area contributed by atoms with Gasteiger partial charge in [0.2, 0.25) is 5.72 Å². The molecule has 2 saturated heterocycles. The van der Waals surface area contributed by atoms with E-state index in [4.69, 9.17) is 17.7 Å². The number of piperidine rings is 1. The van der Waals surface area contributed by atoms with Crippen LogP contribution in [0.2, 0.25) is 0 Å². The molecule has 0 aromatic carbocycles. The summed E-state index contributed by atoms with van der Waals surface area (Å²) in [5, 5.41) is 13.3. The third-order valence-corrected chi connectivity index (χ3v) is 16.0. The topological polar surface area (TPSA) is 103 Å². The van der Waals surface area contributed by atoms with Crippen molar-refractivity contribution in [1.82, 2.24) is 0 Å². The zero-order valence-corrected chi connectivity index (χ0v) is 28.0. The van der Waals surface area contributed by atoms with Gasteiger partial charge in [-0.15, -0.1) is 0 Å². The fraction of sp³-hybridized carbons (Fsp3) is 1.00. The first-order valence-corrected chi connectivity index (χ1v) is 18.0. The molecular formula is C33H59NO5S. The van der Waals surface area contributed by atoms with E-state index in [9.17, 15) is 5.11 Å². The van der Waals surface area contributed by atoms with Crippen LogP contribution in [0.15, 0.2) is 0 Å². The number of fused-ring (bicyclic) bond motifs is 7. The van der Waals surface area contributed by atoms with Gasteiger partial charge in [-0.1, -0.05) is 55.4 Å². The number of hydrogen-bond acceptors (Lipinski definition) is 5. The zero-order valence-electron chi connectivity index (χ0n) is 27.2. The largest absolute Gasteiger partial charge is 0.748 e. The highest BCUT2D eigenvalue weighted by molar-refractivity contribution is 7.84. The Morgan fingerprint density at radius 1 is 0.850 bits per heavy atom. The third-order valence-electron chi connectivity index (χ3n) is 16.0. The summed E-state index contributed by atoms with van der Waals surface area (Å²) in [6, 6.07) is 0. The molecule has 6 rings (SSSR count). The maximum atomic E-state index is 10.7. The van der Waals surface area contributed by atoms with E-state index in [-0.39, 0.29) is 33.7 Å². The van der Waals surface area contributed by atoms with E-state index < -0.39 is 10.1 Å². The highest BCUT2D eigenvalue weighted by Gasteiger charge is 2.84. The Morgan fingerprint density at radius 3 is 2.05 bits per heavy atom. The van der Waals surface area contributed by atoms with E-state index in [0.29, 0.717) is 28.4 Å². The molecule has 4 saturated carbocycles. The number of hydrogen-bond donors (Lipinski definition) is 2. The summed E-state index contributed by atoms with van der Waals surface area (Å²) in [7, 11) is -3.92. The van der Waals surface area contributed by atoms with Gasteiger partial charge in [-0.25, -0.2) is 8.42 Å². The van der Waals surface area contributed by atoms with Crippen LogP contribution < -0.4 is 5.32 Å². The molecular weight excluding hydrogens is 522 g/mol. The van der Waals surface area contributed by atoms with E-state index in [0.717, 1.165) is 24.7 Å². The van der Waals surface area contributed by atoms with Gasteiger partial charge in [-0.05, 0) is 97.7 Å².